The van der Waals surface area contributed by atoms with E-state index >= 15 is 0 Å². The van der Waals surface area contributed by atoms with Gasteiger partial charge in [0.15, 0.2) is 0 Å². The molecule has 1 amide bonds. The second-order valence-corrected chi connectivity index (χ2v) is 6.48. The molecule has 2 atom stereocenters. The number of aryl methyl sites for hydroxylation is 1. The lowest BCUT2D eigenvalue weighted by molar-refractivity contribution is 0.0389. The first-order chi connectivity index (χ1) is 9.18. The molecule has 3 rings (SSSR count). The van der Waals surface area contributed by atoms with Crippen LogP contribution < -0.4 is 0 Å². The van der Waals surface area contributed by atoms with Crippen LogP contribution in [0.3, 0.4) is 0 Å². The molecule has 0 spiro atoms. The summed E-state index contributed by atoms with van der Waals surface area (Å²) in [5.74, 6) is 0.874. The summed E-state index contributed by atoms with van der Waals surface area (Å²) in [6.07, 6.45) is 9.18. The molecule has 0 bridgehead atoms. The highest BCUT2D eigenvalue weighted by atomic mass is 79.9. The van der Waals surface area contributed by atoms with Crippen LogP contribution >= 0.6 is 15.9 Å². The van der Waals surface area contributed by atoms with Gasteiger partial charge in [0.05, 0.1) is 11.8 Å². The van der Waals surface area contributed by atoms with Gasteiger partial charge >= 0.3 is 0 Å². The van der Waals surface area contributed by atoms with Crippen molar-refractivity contribution in [2.24, 2.45) is 13.0 Å². The van der Waals surface area contributed by atoms with Crippen molar-refractivity contribution in [3.63, 3.8) is 0 Å². The number of carbonyl (C=O) groups excluding carboxylic acids is 1. The monoisotopic (exact) mass is 325 g/mol. The highest BCUT2D eigenvalue weighted by molar-refractivity contribution is 9.10. The first kappa shape index (κ1) is 13.2. The van der Waals surface area contributed by atoms with Crippen LogP contribution in [0.4, 0.5) is 0 Å². The van der Waals surface area contributed by atoms with Crippen molar-refractivity contribution >= 4 is 21.8 Å². The summed E-state index contributed by atoms with van der Waals surface area (Å²) in [7, 11) is 1.85. The third-order valence-corrected chi connectivity index (χ3v) is 5.54. The van der Waals surface area contributed by atoms with E-state index in [2.05, 4.69) is 25.9 Å². The highest BCUT2D eigenvalue weighted by Gasteiger charge is 2.36. The van der Waals surface area contributed by atoms with Gasteiger partial charge < -0.3 is 4.90 Å². The molecule has 0 radical (unpaired) electrons. The maximum Gasteiger partial charge on any atom is 0.258 e. The standard InChI is InChI=1S/C14H20BrN3O/c1-17-13(15)11(9-16-17)14(19)18-8-4-6-10-5-2-3-7-12(10)18/h9-10,12H,2-8H2,1H3. The number of aromatic nitrogens is 2. The zero-order valence-corrected chi connectivity index (χ0v) is 12.9. The van der Waals surface area contributed by atoms with Gasteiger partial charge in [-0.1, -0.05) is 12.8 Å². The number of halogens is 1. The molecule has 104 valence electrons. The van der Waals surface area contributed by atoms with Gasteiger partial charge in [-0.25, -0.2) is 0 Å². The maximum absolute atomic E-state index is 12.7. The van der Waals surface area contributed by atoms with Crippen molar-refractivity contribution in [1.29, 1.82) is 0 Å². The van der Waals surface area contributed by atoms with E-state index in [0.717, 1.165) is 23.5 Å². The number of nitrogens with zero attached hydrogens (tertiary/aromatic N) is 3. The molecular formula is C14H20BrN3O. The maximum atomic E-state index is 12.7. The second-order valence-electron chi connectivity index (χ2n) is 5.73. The third kappa shape index (κ3) is 2.33. The Morgan fingerprint density at radius 3 is 2.79 bits per heavy atom. The molecule has 2 fully saturated rings. The highest BCUT2D eigenvalue weighted by Crippen LogP contribution is 2.36. The predicted octanol–water partition coefficient (Wildman–Crippen LogP) is 2.98. The average Bonchev–Trinajstić information content (AvgIpc) is 2.78. The molecule has 4 nitrogen and oxygen atoms in total. The molecular weight excluding hydrogens is 306 g/mol. The molecule has 0 aromatic carbocycles. The van der Waals surface area contributed by atoms with E-state index in [-0.39, 0.29) is 5.91 Å². The summed E-state index contributed by atoms with van der Waals surface area (Å²) < 4.78 is 2.49. The number of rotatable bonds is 1. The first-order valence-corrected chi connectivity index (χ1v) is 7.96. The SMILES string of the molecule is Cn1ncc(C(=O)N2CCCC3CCCCC32)c1Br. The molecule has 0 N–H and O–H groups in total. The van der Waals surface area contributed by atoms with Crippen molar-refractivity contribution in [3.05, 3.63) is 16.4 Å². The van der Waals surface area contributed by atoms with E-state index in [1.165, 1.54) is 32.1 Å². The van der Waals surface area contributed by atoms with E-state index in [9.17, 15) is 4.79 Å². The fraction of sp³-hybridized carbons (Fsp3) is 0.714. The Kier molecular flexibility index (Phi) is 3.65. The zero-order chi connectivity index (χ0) is 13.4. The molecule has 2 unspecified atom stereocenters. The van der Waals surface area contributed by atoms with Crippen LogP contribution in [0.2, 0.25) is 0 Å². The Labute approximate surface area is 122 Å². The minimum absolute atomic E-state index is 0.150. The molecule has 1 saturated carbocycles. The molecule has 19 heavy (non-hydrogen) atoms. The molecule has 2 aliphatic rings. The van der Waals surface area contributed by atoms with Crippen LogP contribution in [-0.4, -0.2) is 33.2 Å². The summed E-state index contributed by atoms with van der Waals surface area (Å²) in [5.41, 5.74) is 0.703. The van der Waals surface area contributed by atoms with Crippen LogP contribution in [-0.2, 0) is 7.05 Å². The smallest absolute Gasteiger partial charge is 0.258 e. The number of piperidine rings is 1. The summed E-state index contributed by atoms with van der Waals surface area (Å²) in [6.45, 7) is 0.904. The van der Waals surface area contributed by atoms with Crippen molar-refractivity contribution in [2.45, 2.75) is 44.6 Å². The largest absolute Gasteiger partial charge is 0.335 e. The second kappa shape index (κ2) is 5.27. The minimum atomic E-state index is 0.150. The van der Waals surface area contributed by atoms with Crippen LogP contribution in [0, 0.1) is 5.92 Å². The van der Waals surface area contributed by atoms with Crippen LogP contribution in [0.15, 0.2) is 10.8 Å². The Morgan fingerprint density at radius 1 is 1.32 bits per heavy atom. The minimum Gasteiger partial charge on any atom is -0.335 e. The van der Waals surface area contributed by atoms with Gasteiger partial charge in [-0.3, -0.25) is 9.48 Å². The predicted molar refractivity (Wildman–Crippen MR) is 76.9 cm³/mol. The quantitative estimate of drug-likeness (QED) is 0.796. The van der Waals surface area contributed by atoms with E-state index in [0.29, 0.717) is 11.6 Å². The molecule has 1 aromatic rings. The zero-order valence-electron chi connectivity index (χ0n) is 11.3. The average molecular weight is 326 g/mol. The number of carbonyl (C=O) groups is 1. The van der Waals surface area contributed by atoms with Gasteiger partial charge in [-0.05, 0) is 47.5 Å². The van der Waals surface area contributed by atoms with Crippen molar-refractivity contribution in [2.75, 3.05) is 6.54 Å². The lowest BCUT2D eigenvalue weighted by Crippen LogP contribution is -2.49. The number of hydrogen-bond donors (Lipinski definition) is 0. The Bertz CT molecular complexity index is 483. The Balaban J connectivity index is 1.84. The van der Waals surface area contributed by atoms with E-state index in [1.54, 1.807) is 10.9 Å². The van der Waals surface area contributed by atoms with Crippen LogP contribution in [0.1, 0.15) is 48.9 Å². The Hall–Kier alpha value is -0.840. The van der Waals surface area contributed by atoms with Crippen LogP contribution in [0.25, 0.3) is 0 Å². The third-order valence-electron chi connectivity index (χ3n) is 4.60. The van der Waals surface area contributed by atoms with Gasteiger partial charge in [0.2, 0.25) is 0 Å². The number of fused-ring (bicyclic) bond motifs is 1. The molecule has 5 heteroatoms. The summed E-state index contributed by atoms with van der Waals surface area (Å²) >= 11 is 3.46. The van der Waals surface area contributed by atoms with Crippen LogP contribution in [0.5, 0.6) is 0 Å². The Morgan fingerprint density at radius 2 is 2.05 bits per heavy atom. The van der Waals surface area contributed by atoms with Crippen molar-refractivity contribution in [1.82, 2.24) is 14.7 Å². The number of likely N-dealkylation sites (tertiary alicyclic amines) is 1. The lowest BCUT2D eigenvalue weighted by atomic mass is 9.78. The molecule has 1 aliphatic carbocycles. The fourth-order valence-corrected chi connectivity index (χ4v) is 3.96. The number of amides is 1. The summed E-state index contributed by atoms with van der Waals surface area (Å²) in [5, 5.41) is 4.16. The van der Waals surface area contributed by atoms with Crippen molar-refractivity contribution < 1.29 is 4.79 Å². The van der Waals surface area contributed by atoms with E-state index in [4.69, 9.17) is 0 Å². The first-order valence-electron chi connectivity index (χ1n) is 7.17. The summed E-state index contributed by atoms with van der Waals surface area (Å²) in [4.78, 5) is 14.8. The van der Waals surface area contributed by atoms with Gasteiger partial charge in [0, 0.05) is 19.6 Å². The van der Waals surface area contributed by atoms with Gasteiger partial charge in [0.1, 0.15) is 4.60 Å². The van der Waals surface area contributed by atoms with E-state index in [1.807, 2.05) is 7.05 Å². The molecule has 2 heterocycles. The number of hydrogen-bond acceptors (Lipinski definition) is 2. The molecule has 1 aliphatic heterocycles. The molecule has 1 saturated heterocycles. The van der Waals surface area contributed by atoms with Crippen molar-refractivity contribution in [3.8, 4) is 0 Å². The topological polar surface area (TPSA) is 38.1 Å². The lowest BCUT2D eigenvalue weighted by Gasteiger charge is -2.44. The summed E-state index contributed by atoms with van der Waals surface area (Å²) in [6, 6.07) is 0.460. The normalized spacial score (nSPS) is 27.2. The van der Waals surface area contributed by atoms with Gasteiger partial charge in [0.25, 0.3) is 5.91 Å². The van der Waals surface area contributed by atoms with E-state index < -0.39 is 0 Å². The molecule has 1 aromatic heterocycles. The van der Waals surface area contributed by atoms with Gasteiger partial charge in [-0.2, -0.15) is 5.10 Å². The fourth-order valence-electron chi connectivity index (χ4n) is 3.60. The van der Waals surface area contributed by atoms with Gasteiger partial charge in [-0.15, -0.1) is 0 Å².